The van der Waals surface area contributed by atoms with Crippen LogP contribution in [0.4, 0.5) is 0 Å². The molecule has 0 saturated heterocycles. The molecule has 126 valence electrons. The van der Waals surface area contributed by atoms with Crippen molar-refractivity contribution < 1.29 is 9.90 Å². The number of carboxylic acids is 1. The Kier molecular flexibility index (Phi) is 5.11. The molecule has 3 heteroatoms. The number of carbonyl (C=O) groups is 1. The molecule has 0 heterocycles. The van der Waals surface area contributed by atoms with Gasteiger partial charge in [0.1, 0.15) is 0 Å². The van der Waals surface area contributed by atoms with Gasteiger partial charge in [-0.1, -0.05) is 0 Å². The Morgan fingerprint density at radius 2 is 1.08 bits per heavy atom. The van der Waals surface area contributed by atoms with Crippen LogP contribution in [-0.4, -0.2) is 16.7 Å². The Labute approximate surface area is 148 Å². The number of hydrogen-bond acceptors (Lipinski definition) is 1. The molecule has 1 unspecified atom stereocenters. The van der Waals surface area contributed by atoms with Gasteiger partial charge in [-0.25, -0.2) is 0 Å². The first-order chi connectivity index (χ1) is 12.2. The molecular formula is C22H21O2P. The zero-order valence-corrected chi connectivity index (χ0v) is 14.9. The maximum atomic E-state index is 12.3. The molecule has 0 aliphatic rings. The normalized spacial score (nSPS) is 13.0. The summed E-state index contributed by atoms with van der Waals surface area (Å²) in [6.07, 6.45) is 1.60. The topological polar surface area (TPSA) is 37.3 Å². The van der Waals surface area contributed by atoms with Gasteiger partial charge < -0.3 is 0 Å². The van der Waals surface area contributed by atoms with Gasteiger partial charge in [-0.15, -0.1) is 0 Å². The van der Waals surface area contributed by atoms with Crippen molar-refractivity contribution in [2.75, 3.05) is 0 Å². The molecule has 0 saturated carbocycles. The summed E-state index contributed by atoms with van der Waals surface area (Å²) in [5, 5.41) is 13.3. The first kappa shape index (κ1) is 17.1. The third-order valence-corrected chi connectivity index (χ3v) is 9.80. The fourth-order valence-electron chi connectivity index (χ4n) is 3.60. The predicted molar refractivity (Wildman–Crippen MR) is 108 cm³/mol. The van der Waals surface area contributed by atoms with E-state index in [1.165, 1.54) is 0 Å². The Morgan fingerprint density at radius 3 is 1.32 bits per heavy atom. The second-order valence-electron chi connectivity index (χ2n) is 5.96. The zero-order chi connectivity index (χ0) is 17.7. The van der Waals surface area contributed by atoms with Crippen LogP contribution < -0.4 is 15.9 Å². The van der Waals surface area contributed by atoms with Crippen LogP contribution in [0.3, 0.4) is 0 Å². The first-order valence-electron chi connectivity index (χ1n) is 8.23. The maximum absolute atomic E-state index is 12.3. The Bertz CT molecular complexity index is 748. The van der Waals surface area contributed by atoms with E-state index < -0.39 is 18.9 Å². The van der Waals surface area contributed by atoms with Crippen LogP contribution in [0, 0.1) is 0 Å². The fraction of sp³-hybridized carbons (Fsp3) is 0.0455. The van der Waals surface area contributed by atoms with Crippen molar-refractivity contribution >= 4 is 29.1 Å². The molecule has 0 spiro atoms. The molecule has 3 aromatic carbocycles. The summed E-state index contributed by atoms with van der Waals surface area (Å²) < 4.78 is 0. The predicted octanol–water partition coefficient (Wildman–Crippen LogP) is 3.35. The second kappa shape index (κ2) is 7.46. The van der Waals surface area contributed by atoms with E-state index in [-0.39, 0.29) is 0 Å². The molecule has 0 aliphatic heterocycles. The van der Waals surface area contributed by atoms with Crippen LogP contribution in [0.15, 0.2) is 104 Å². The van der Waals surface area contributed by atoms with Crippen molar-refractivity contribution in [2.45, 2.75) is 5.66 Å². The molecule has 1 atom stereocenters. The summed E-state index contributed by atoms with van der Waals surface area (Å²) in [4.78, 5) is 12.3. The molecule has 0 aromatic heterocycles. The van der Waals surface area contributed by atoms with Crippen LogP contribution in [0.5, 0.6) is 0 Å². The van der Waals surface area contributed by atoms with Crippen molar-refractivity contribution in [1.29, 1.82) is 0 Å². The van der Waals surface area contributed by atoms with Crippen LogP contribution in [-0.2, 0) is 4.79 Å². The standard InChI is InChI=1S/C22H21O2P/c1-2-21(22(23)24)25(18-12-6-3-7-13-18,19-14-8-4-9-15-19)20-16-10-5-11-17-20/h2-17,21,25H,1H2,(H,23,24). The Balaban J connectivity index is 2.44. The molecule has 0 amide bonds. The van der Waals surface area contributed by atoms with E-state index in [0.717, 1.165) is 15.9 Å². The third-order valence-electron chi connectivity index (χ3n) is 4.66. The van der Waals surface area contributed by atoms with Crippen LogP contribution in [0.25, 0.3) is 0 Å². The van der Waals surface area contributed by atoms with Gasteiger partial charge >= 0.3 is 148 Å². The van der Waals surface area contributed by atoms with E-state index in [0.29, 0.717) is 0 Å². The summed E-state index contributed by atoms with van der Waals surface area (Å²) >= 11 is 0. The van der Waals surface area contributed by atoms with Crippen molar-refractivity contribution in [2.24, 2.45) is 0 Å². The number of rotatable bonds is 6. The van der Waals surface area contributed by atoms with E-state index in [2.05, 4.69) is 6.58 Å². The Morgan fingerprint density at radius 1 is 0.760 bits per heavy atom. The van der Waals surface area contributed by atoms with Crippen LogP contribution >= 0.6 is 7.26 Å². The Hall–Kier alpha value is -2.70. The monoisotopic (exact) mass is 348 g/mol. The van der Waals surface area contributed by atoms with Crippen molar-refractivity contribution in [3.8, 4) is 0 Å². The van der Waals surface area contributed by atoms with Gasteiger partial charge in [0.2, 0.25) is 0 Å². The summed E-state index contributed by atoms with van der Waals surface area (Å²) in [5.41, 5.74) is -0.667. The first-order valence-corrected chi connectivity index (χ1v) is 10.3. The van der Waals surface area contributed by atoms with Gasteiger partial charge in [0, 0.05) is 0 Å². The van der Waals surface area contributed by atoms with E-state index in [4.69, 9.17) is 0 Å². The van der Waals surface area contributed by atoms with Gasteiger partial charge in [0.05, 0.1) is 0 Å². The zero-order valence-electron chi connectivity index (χ0n) is 13.9. The van der Waals surface area contributed by atoms with Gasteiger partial charge in [-0.2, -0.15) is 0 Å². The summed E-state index contributed by atoms with van der Waals surface area (Å²) in [7, 11) is -2.83. The number of benzene rings is 3. The third kappa shape index (κ3) is 3.01. The molecule has 3 aromatic rings. The molecule has 3 rings (SSSR count). The SMILES string of the molecule is C=CC(C(=O)O)[PH](c1ccccc1)(c1ccccc1)c1ccccc1. The minimum atomic E-state index is -2.83. The van der Waals surface area contributed by atoms with Crippen LogP contribution in [0.2, 0.25) is 0 Å². The summed E-state index contributed by atoms with van der Waals surface area (Å²) in [6, 6.07) is 30.0. The van der Waals surface area contributed by atoms with Crippen molar-refractivity contribution in [3.05, 3.63) is 104 Å². The van der Waals surface area contributed by atoms with Crippen molar-refractivity contribution in [3.63, 3.8) is 0 Å². The average molecular weight is 348 g/mol. The van der Waals surface area contributed by atoms with Crippen LogP contribution in [0.1, 0.15) is 0 Å². The molecule has 1 N–H and O–H groups in total. The molecule has 25 heavy (non-hydrogen) atoms. The summed E-state index contributed by atoms with van der Waals surface area (Å²) in [5.74, 6) is -0.835. The second-order valence-corrected chi connectivity index (χ2v) is 9.93. The average Bonchev–Trinajstić information content (AvgIpc) is 2.68. The van der Waals surface area contributed by atoms with E-state index in [1.807, 2.05) is 91.0 Å². The molecule has 0 radical (unpaired) electrons. The minimum absolute atomic E-state index is 0.667. The number of carboxylic acid groups (broad SMARTS) is 1. The summed E-state index contributed by atoms with van der Waals surface area (Å²) in [6.45, 7) is 3.88. The molecule has 0 fully saturated rings. The van der Waals surface area contributed by atoms with Gasteiger partial charge in [-0.05, 0) is 0 Å². The van der Waals surface area contributed by atoms with E-state index in [1.54, 1.807) is 6.08 Å². The van der Waals surface area contributed by atoms with E-state index in [9.17, 15) is 9.90 Å². The van der Waals surface area contributed by atoms with Gasteiger partial charge in [0.15, 0.2) is 0 Å². The quantitative estimate of drug-likeness (QED) is 0.548. The fourth-order valence-corrected chi connectivity index (χ4v) is 8.56. The number of hydrogen-bond donors (Lipinski definition) is 1. The molecular weight excluding hydrogens is 327 g/mol. The number of aliphatic carboxylic acids is 1. The van der Waals surface area contributed by atoms with E-state index >= 15 is 0 Å². The van der Waals surface area contributed by atoms with Gasteiger partial charge in [-0.3, -0.25) is 0 Å². The molecule has 2 nitrogen and oxygen atoms in total. The molecule has 0 bridgehead atoms. The molecule has 0 aliphatic carbocycles. The van der Waals surface area contributed by atoms with Gasteiger partial charge in [0.25, 0.3) is 0 Å². The van der Waals surface area contributed by atoms with Crippen molar-refractivity contribution in [1.82, 2.24) is 0 Å².